The molecule has 0 saturated carbocycles. The van der Waals surface area contributed by atoms with E-state index in [4.69, 9.17) is 10.2 Å². The number of rotatable bonds is 6. The smallest absolute Gasteiger partial charge is 0.326 e. The fourth-order valence-corrected chi connectivity index (χ4v) is 1.55. The highest BCUT2D eigenvalue weighted by Gasteiger charge is 2.23. The summed E-state index contributed by atoms with van der Waals surface area (Å²) in [6.07, 6.45) is -0.390. The van der Waals surface area contributed by atoms with Crippen molar-refractivity contribution in [3.63, 3.8) is 0 Å². The van der Waals surface area contributed by atoms with E-state index >= 15 is 0 Å². The standard InChI is InChI=1S/C13H14FNO6/c1-21-11(17)5-4-10(13(19)20)15-12(18)8-3-2-7(16)6-9(8)14/h2-3,6,10,16H,4-5H2,1H3,(H,15,18)(H,19,20). The number of hydrogen-bond acceptors (Lipinski definition) is 5. The van der Waals surface area contributed by atoms with Gasteiger partial charge in [-0.15, -0.1) is 0 Å². The lowest BCUT2D eigenvalue weighted by molar-refractivity contribution is -0.142. The number of phenols is 1. The lowest BCUT2D eigenvalue weighted by atomic mass is 10.1. The number of carboxylic acids is 1. The van der Waals surface area contributed by atoms with Crippen LogP contribution in [0.15, 0.2) is 18.2 Å². The van der Waals surface area contributed by atoms with Gasteiger partial charge in [0.2, 0.25) is 0 Å². The summed E-state index contributed by atoms with van der Waals surface area (Å²) in [4.78, 5) is 33.8. The van der Waals surface area contributed by atoms with Crippen LogP contribution >= 0.6 is 0 Å². The maximum absolute atomic E-state index is 13.5. The summed E-state index contributed by atoms with van der Waals surface area (Å²) in [7, 11) is 1.16. The predicted octanol–water partition coefficient (Wildman–Crippen LogP) is 0.667. The van der Waals surface area contributed by atoms with Crippen LogP contribution in [0.4, 0.5) is 4.39 Å². The molecule has 114 valence electrons. The van der Waals surface area contributed by atoms with Crippen molar-refractivity contribution in [2.45, 2.75) is 18.9 Å². The van der Waals surface area contributed by atoms with E-state index in [1.165, 1.54) is 0 Å². The van der Waals surface area contributed by atoms with Crippen LogP contribution in [0.1, 0.15) is 23.2 Å². The number of hydrogen-bond donors (Lipinski definition) is 3. The van der Waals surface area contributed by atoms with E-state index in [1.807, 2.05) is 0 Å². The highest BCUT2D eigenvalue weighted by atomic mass is 19.1. The number of nitrogens with one attached hydrogen (secondary N) is 1. The van der Waals surface area contributed by atoms with Crippen LogP contribution in [-0.4, -0.2) is 41.2 Å². The maximum atomic E-state index is 13.5. The quantitative estimate of drug-likeness (QED) is 0.665. The average Bonchev–Trinajstić information content (AvgIpc) is 2.42. The largest absolute Gasteiger partial charge is 0.508 e. The van der Waals surface area contributed by atoms with Gasteiger partial charge in [0.15, 0.2) is 0 Å². The zero-order valence-corrected chi connectivity index (χ0v) is 11.1. The molecule has 0 fully saturated rings. The van der Waals surface area contributed by atoms with Crippen molar-refractivity contribution in [2.75, 3.05) is 7.11 Å². The summed E-state index contributed by atoms with van der Waals surface area (Å²) >= 11 is 0. The van der Waals surface area contributed by atoms with Gasteiger partial charge in [-0.2, -0.15) is 0 Å². The van der Waals surface area contributed by atoms with Gasteiger partial charge in [-0.3, -0.25) is 9.59 Å². The normalized spacial score (nSPS) is 11.5. The number of carbonyl (C=O) groups excluding carboxylic acids is 2. The maximum Gasteiger partial charge on any atom is 0.326 e. The minimum atomic E-state index is -1.36. The zero-order valence-electron chi connectivity index (χ0n) is 11.1. The molecule has 0 aromatic heterocycles. The second kappa shape index (κ2) is 7.22. The molecule has 8 heteroatoms. The highest BCUT2D eigenvalue weighted by molar-refractivity contribution is 5.97. The van der Waals surface area contributed by atoms with Crippen molar-refractivity contribution in [3.05, 3.63) is 29.6 Å². The third kappa shape index (κ3) is 4.75. The molecule has 1 atom stereocenters. The number of esters is 1. The van der Waals surface area contributed by atoms with Crippen molar-refractivity contribution in [1.82, 2.24) is 5.32 Å². The summed E-state index contributed by atoms with van der Waals surface area (Å²) in [6, 6.07) is 1.51. The van der Waals surface area contributed by atoms with E-state index in [0.29, 0.717) is 0 Å². The van der Waals surface area contributed by atoms with Crippen molar-refractivity contribution < 1.29 is 33.7 Å². The molecular formula is C13H14FNO6. The van der Waals surface area contributed by atoms with Gasteiger partial charge in [-0.1, -0.05) is 0 Å². The summed E-state index contributed by atoms with van der Waals surface area (Å²) < 4.78 is 17.8. The molecule has 3 N–H and O–H groups in total. The summed E-state index contributed by atoms with van der Waals surface area (Å²) in [5.41, 5.74) is -0.405. The number of amides is 1. The lowest BCUT2D eigenvalue weighted by Crippen LogP contribution is -2.41. The number of halogens is 1. The Balaban J connectivity index is 2.76. The molecule has 21 heavy (non-hydrogen) atoms. The molecule has 1 amide bonds. The molecule has 1 rings (SSSR count). The Kier molecular flexibility index (Phi) is 5.65. The zero-order chi connectivity index (χ0) is 16.0. The third-order valence-corrected chi connectivity index (χ3v) is 2.67. The third-order valence-electron chi connectivity index (χ3n) is 2.67. The van der Waals surface area contributed by atoms with Crippen LogP contribution in [0.2, 0.25) is 0 Å². The Morgan fingerprint density at radius 3 is 2.57 bits per heavy atom. The second-order valence-electron chi connectivity index (χ2n) is 4.14. The SMILES string of the molecule is COC(=O)CCC(NC(=O)c1ccc(O)cc1F)C(=O)O. The molecule has 0 heterocycles. The van der Waals surface area contributed by atoms with Crippen molar-refractivity contribution in [1.29, 1.82) is 0 Å². The van der Waals surface area contributed by atoms with Gasteiger partial charge in [-0.05, 0) is 18.6 Å². The number of ether oxygens (including phenoxy) is 1. The molecular weight excluding hydrogens is 285 g/mol. The first-order valence-electron chi connectivity index (χ1n) is 5.94. The van der Waals surface area contributed by atoms with E-state index in [-0.39, 0.29) is 18.6 Å². The molecule has 0 radical (unpaired) electrons. The predicted molar refractivity (Wildman–Crippen MR) is 68.2 cm³/mol. The van der Waals surface area contributed by atoms with Gasteiger partial charge in [-0.25, -0.2) is 9.18 Å². The number of aromatic hydroxyl groups is 1. The number of carbonyl (C=O) groups is 3. The Labute approximate surface area is 119 Å². The summed E-state index contributed by atoms with van der Waals surface area (Å²) in [6.45, 7) is 0. The van der Waals surface area contributed by atoms with Gasteiger partial charge in [0.1, 0.15) is 17.6 Å². The molecule has 0 saturated heterocycles. The van der Waals surface area contributed by atoms with Gasteiger partial charge in [0, 0.05) is 12.5 Å². The Hall–Kier alpha value is -2.64. The first-order valence-corrected chi connectivity index (χ1v) is 5.94. The van der Waals surface area contributed by atoms with Gasteiger partial charge in [0.25, 0.3) is 5.91 Å². The topological polar surface area (TPSA) is 113 Å². The molecule has 1 unspecified atom stereocenters. The van der Waals surface area contributed by atoms with Crippen molar-refractivity contribution in [2.24, 2.45) is 0 Å². The number of methoxy groups -OCH3 is 1. The fraction of sp³-hybridized carbons (Fsp3) is 0.308. The molecule has 0 spiro atoms. The molecule has 0 bridgehead atoms. The Morgan fingerprint density at radius 1 is 1.38 bits per heavy atom. The first kappa shape index (κ1) is 16.4. The van der Waals surface area contributed by atoms with Crippen LogP contribution < -0.4 is 5.32 Å². The molecule has 0 aliphatic heterocycles. The number of benzene rings is 1. The number of carboxylic acid groups (broad SMARTS) is 1. The average molecular weight is 299 g/mol. The van der Waals surface area contributed by atoms with Gasteiger partial charge in [0.05, 0.1) is 12.7 Å². The Morgan fingerprint density at radius 2 is 2.05 bits per heavy atom. The summed E-state index contributed by atoms with van der Waals surface area (Å²) in [5.74, 6) is -4.27. The van der Waals surface area contributed by atoms with Crippen LogP contribution in [-0.2, 0) is 14.3 Å². The first-order chi connectivity index (χ1) is 9.85. The monoisotopic (exact) mass is 299 g/mol. The van der Waals surface area contributed by atoms with E-state index in [9.17, 15) is 18.8 Å². The minimum absolute atomic E-state index is 0.187. The van der Waals surface area contributed by atoms with Crippen LogP contribution in [0.5, 0.6) is 5.75 Å². The van der Waals surface area contributed by atoms with E-state index in [2.05, 4.69) is 10.1 Å². The molecule has 0 aliphatic rings. The minimum Gasteiger partial charge on any atom is -0.508 e. The molecule has 0 aliphatic carbocycles. The van der Waals surface area contributed by atoms with E-state index in [0.717, 1.165) is 25.3 Å². The number of aliphatic carboxylic acids is 1. The Bertz CT molecular complexity index is 560. The fourth-order valence-electron chi connectivity index (χ4n) is 1.55. The lowest BCUT2D eigenvalue weighted by Gasteiger charge is -2.14. The van der Waals surface area contributed by atoms with Gasteiger partial charge >= 0.3 is 11.9 Å². The van der Waals surface area contributed by atoms with Crippen molar-refractivity contribution >= 4 is 17.8 Å². The van der Waals surface area contributed by atoms with Crippen LogP contribution in [0.3, 0.4) is 0 Å². The van der Waals surface area contributed by atoms with Crippen LogP contribution in [0.25, 0.3) is 0 Å². The van der Waals surface area contributed by atoms with Crippen LogP contribution in [0, 0.1) is 5.82 Å². The molecule has 7 nitrogen and oxygen atoms in total. The number of phenolic OH excluding ortho intramolecular Hbond substituents is 1. The van der Waals surface area contributed by atoms with E-state index in [1.54, 1.807) is 0 Å². The second-order valence-corrected chi connectivity index (χ2v) is 4.14. The summed E-state index contributed by atoms with van der Waals surface area (Å²) in [5, 5.41) is 20.1. The van der Waals surface area contributed by atoms with E-state index < -0.39 is 35.3 Å². The highest BCUT2D eigenvalue weighted by Crippen LogP contribution is 2.15. The van der Waals surface area contributed by atoms with Crippen molar-refractivity contribution in [3.8, 4) is 5.75 Å². The van der Waals surface area contributed by atoms with Gasteiger partial charge < -0.3 is 20.3 Å². The molecule has 1 aromatic rings. The molecule has 1 aromatic carbocycles.